The molecule has 1 aliphatic rings. The lowest BCUT2D eigenvalue weighted by atomic mass is 9.94. The molecule has 1 aliphatic heterocycles. The Morgan fingerprint density at radius 3 is 2.29 bits per heavy atom. The number of benzene rings is 1. The molecule has 0 bridgehead atoms. The zero-order valence-electron chi connectivity index (χ0n) is 15.8. The molecule has 0 aliphatic carbocycles. The van der Waals surface area contributed by atoms with Crippen molar-refractivity contribution in [1.29, 1.82) is 0 Å². The van der Waals surface area contributed by atoms with Crippen molar-refractivity contribution in [1.82, 2.24) is 4.31 Å². The van der Waals surface area contributed by atoms with Gasteiger partial charge in [-0.1, -0.05) is 27.7 Å². The molecule has 1 saturated heterocycles. The number of aryl methyl sites for hydroxylation is 1. The Morgan fingerprint density at radius 2 is 1.79 bits per heavy atom. The third-order valence-electron chi connectivity index (χ3n) is 4.68. The van der Waals surface area contributed by atoms with E-state index >= 15 is 0 Å². The SMILES string of the molecule is CCOc1cc(C)c(S(=O)(=O)N2C[C@H](C)C[C@@H](C)C2)cc1C(C)C. The highest BCUT2D eigenvalue weighted by atomic mass is 32.2. The van der Waals surface area contributed by atoms with Gasteiger partial charge in [0, 0.05) is 13.1 Å². The van der Waals surface area contributed by atoms with Gasteiger partial charge in [0.25, 0.3) is 0 Å². The Morgan fingerprint density at radius 1 is 1.21 bits per heavy atom. The molecule has 4 nitrogen and oxygen atoms in total. The van der Waals surface area contributed by atoms with Crippen LogP contribution in [0.15, 0.2) is 17.0 Å². The number of sulfonamides is 1. The summed E-state index contributed by atoms with van der Waals surface area (Å²) < 4.78 is 33.8. The summed E-state index contributed by atoms with van der Waals surface area (Å²) in [6.07, 6.45) is 1.09. The predicted molar refractivity (Wildman–Crippen MR) is 98.1 cm³/mol. The molecular formula is C19H31NO3S. The average Bonchev–Trinajstić information content (AvgIpc) is 2.46. The van der Waals surface area contributed by atoms with Crippen LogP contribution in [-0.2, 0) is 10.0 Å². The van der Waals surface area contributed by atoms with Crippen molar-refractivity contribution in [2.75, 3.05) is 19.7 Å². The zero-order chi connectivity index (χ0) is 18.1. The van der Waals surface area contributed by atoms with Crippen molar-refractivity contribution in [2.24, 2.45) is 11.8 Å². The van der Waals surface area contributed by atoms with Gasteiger partial charge in [0.1, 0.15) is 5.75 Å². The quantitative estimate of drug-likeness (QED) is 0.797. The van der Waals surface area contributed by atoms with E-state index in [0.717, 1.165) is 23.3 Å². The molecule has 0 unspecified atom stereocenters. The van der Waals surface area contributed by atoms with E-state index in [4.69, 9.17) is 4.74 Å². The normalized spacial score (nSPS) is 22.8. The lowest BCUT2D eigenvalue weighted by molar-refractivity contribution is 0.222. The molecule has 2 atom stereocenters. The first-order valence-corrected chi connectivity index (χ1v) is 10.4. The van der Waals surface area contributed by atoms with Crippen LogP contribution in [0.4, 0.5) is 0 Å². The van der Waals surface area contributed by atoms with E-state index < -0.39 is 10.0 Å². The Kier molecular flexibility index (Phi) is 5.97. The van der Waals surface area contributed by atoms with Gasteiger partial charge in [-0.2, -0.15) is 4.31 Å². The largest absolute Gasteiger partial charge is 0.494 e. The van der Waals surface area contributed by atoms with Gasteiger partial charge in [-0.05, 0) is 61.3 Å². The second kappa shape index (κ2) is 7.44. The molecular weight excluding hydrogens is 322 g/mol. The maximum absolute atomic E-state index is 13.2. The second-order valence-electron chi connectivity index (χ2n) is 7.51. The van der Waals surface area contributed by atoms with Crippen LogP contribution in [0, 0.1) is 18.8 Å². The predicted octanol–water partition coefficient (Wildman–Crippen LogP) is 4.18. The van der Waals surface area contributed by atoms with Crippen LogP contribution in [-0.4, -0.2) is 32.4 Å². The van der Waals surface area contributed by atoms with Gasteiger partial charge in [-0.15, -0.1) is 0 Å². The molecule has 0 saturated carbocycles. The van der Waals surface area contributed by atoms with Crippen molar-refractivity contribution in [2.45, 2.75) is 58.8 Å². The number of piperidine rings is 1. The molecule has 0 radical (unpaired) electrons. The fraction of sp³-hybridized carbons (Fsp3) is 0.684. The molecule has 136 valence electrons. The minimum absolute atomic E-state index is 0.209. The highest BCUT2D eigenvalue weighted by Crippen LogP contribution is 2.34. The lowest BCUT2D eigenvalue weighted by Crippen LogP contribution is -2.42. The van der Waals surface area contributed by atoms with E-state index in [1.807, 2.05) is 26.0 Å². The van der Waals surface area contributed by atoms with Gasteiger partial charge in [-0.3, -0.25) is 0 Å². The summed E-state index contributed by atoms with van der Waals surface area (Å²) in [7, 11) is -3.47. The Balaban J connectivity index is 2.48. The molecule has 5 heteroatoms. The topological polar surface area (TPSA) is 46.6 Å². The van der Waals surface area contributed by atoms with Gasteiger partial charge in [0.15, 0.2) is 0 Å². The second-order valence-corrected chi connectivity index (χ2v) is 9.42. The number of nitrogens with zero attached hydrogens (tertiary/aromatic N) is 1. The number of hydrogen-bond acceptors (Lipinski definition) is 3. The standard InChI is InChI=1S/C19H31NO3S/c1-7-23-18-9-16(6)19(10-17(18)13(2)3)24(21,22)20-11-14(4)8-15(5)12-20/h9-10,13-15H,7-8,11-12H2,1-6H3/t14-,15-/m1/s1. The van der Waals surface area contributed by atoms with Crippen LogP contribution >= 0.6 is 0 Å². The van der Waals surface area contributed by atoms with E-state index in [0.29, 0.717) is 36.4 Å². The van der Waals surface area contributed by atoms with Gasteiger partial charge in [-0.25, -0.2) is 8.42 Å². The molecule has 1 aromatic carbocycles. The van der Waals surface area contributed by atoms with Crippen molar-refractivity contribution in [3.63, 3.8) is 0 Å². The van der Waals surface area contributed by atoms with Crippen molar-refractivity contribution in [3.05, 3.63) is 23.3 Å². The Hall–Kier alpha value is -1.07. The summed E-state index contributed by atoms with van der Waals surface area (Å²) in [4.78, 5) is 0.427. The molecule has 2 rings (SSSR count). The summed E-state index contributed by atoms with van der Waals surface area (Å²) >= 11 is 0. The maximum Gasteiger partial charge on any atom is 0.243 e. The van der Waals surface area contributed by atoms with Gasteiger partial charge in [0.2, 0.25) is 10.0 Å². The van der Waals surface area contributed by atoms with Gasteiger partial charge < -0.3 is 4.74 Å². The molecule has 0 N–H and O–H groups in total. The summed E-state index contributed by atoms with van der Waals surface area (Å²) in [6.45, 7) is 14.0. The van der Waals surface area contributed by atoms with Crippen LogP contribution in [0.2, 0.25) is 0 Å². The van der Waals surface area contributed by atoms with Crippen molar-refractivity contribution >= 4 is 10.0 Å². The molecule has 1 aromatic rings. The average molecular weight is 354 g/mol. The first-order chi connectivity index (χ1) is 11.2. The van der Waals surface area contributed by atoms with Crippen LogP contribution in [0.25, 0.3) is 0 Å². The van der Waals surface area contributed by atoms with Gasteiger partial charge >= 0.3 is 0 Å². The van der Waals surface area contributed by atoms with E-state index in [1.54, 1.807) is 4.31 Å². The molecule has 1 heterocycles. The third-order valence-corrected chi connectivity index (χ3v) is 6.66. The van der Waals surface area contributed by atoms with E-state index in [9.17, 15) is 8.42 Å². The van der Waals surface area contributed by atoms with E-state index in [-0.39, 0.29) is 5.92 Å². The summed E-state index contributed by atoms with van der Waals surface area (Å²) in [5.74, 6) is 1.80. The Labute approximate surface area is 147 Å². The fourth-order valence-electron chi connectivity index (χ4n) is 3.63. The minimum Gasteiger partial charge on any atom is -0.494 e. The fourth-order valence-corrected chi connectivity index (χ4v) is 5.55. The Bertz CT molecular complexity index is 672. The minimum atomic E-state index is -3.47. The number of hydrogen-bond donors (Lipinski definition) is 0. The number of rotatable bonds is 5. The maximum atomic E-state index is 13.2. The molecule has 1 fully saturated rings. The third kappa shape index (κ3) is 3.94. The van der Waals surface area contributed by atoms with E-state index in [1.165, 1.54) is 0 Å². The highest BCUT2D eigenvalue weighted by Gasteiger charge is 2.33. The highest BCUT2D eigenvalue weighted by molar-refractivity contribution is 7.89. The smallest absolute Gasteiger partial charge is 0.243 e. The summed E-state index contributed by atoms with van der Waals surface area (Å²) in [5, 5.41) is 0. The zero-order valence-corrected chi connectivity index (χ0v) is 16.6. The van der Waals surface area contributed by atoms with Crippen LogP contribution in [0.3, 0.4) is 0 Å². The van der Waals surface area contributed by atoms with Crippen LogP contribution in [0.1, 0.15) is 58.1 Å². The summed E-state index contributed by atoms with van der Waals surface area (Å²) in [5.41, 5.74) is 1.72. The van der Waals surface area contributed by atoms with Crippen LogP contribution < -0.4 is 4.74 Å². The molecule has 0 amide bonds. The van der Waals surface area contributed by atoms with Crippen molar-refractivity contribution in [3.8, 4) is 5.75 Å². The molecule has 24 heavy (non-hydrogen) atoms. The first kappa shape index (κ1) is 19.3. The molecule has 0 aromatic heterocycles. The van der Waals surface area contributed by atoms with E-state index in [2.05, 4.69) is 27.7 Å². The first-order valence-electron chi connectivity index (χ1n) is 8.94. The lowest BCUT2D eigenvalue weighted by Gasteiger charge is -2.34. The van der Waals surface area contributed by atoms with Gasteiger partial charge in [0.05, 0.1) is 11.5 Å². The van der Waals surface area contributed by atoms with Crippen molar-refractivity contribution < 1.29 is 13.2 Å². The number of ether oxygens (including phenoxy) is 1. The monoisotopic (exact) mass is 353 g/mol. The molecule has 0 spiro atoms. The van der Waals surface area contributed by atoms with Crippen LogP contribution in [0.5, 0.6) is 5.75 Å². The summed E-state index contributed by atoms with van der Waals surface area (Å²) in [6, 6.07) is 3.70.